The van der Waals surface area contributed by atoms with Crippen molar-refractivity contribution in [3.63, 3.8) is 0 Å². The predicted molar refractivity (Wildman–Crippen MR) is 105 cm³/mol. The van der Waals surface area contributed by atoms with E-state index in [0.717, 1.165) is 18.8 Å². The number of likely N-dealkylation sites (tertiary alicyclic amines) is 1. The summed E-state index contributed by atoms with van der Waals surface area (Å²) in [4.78, 5) is 6.72. The van der Waals surface area contributed by atoms with Crippen molar-refractivity contribution >= 4 is 0 Å². The monoisotopic (exact) mass is 346 g/mol. The fourth-order valence-corrected chi connectivity index (χ4v) is 3.74. The van der Waals surface area contributed by atoms with Crippen LogP contribution in [0.25, 0.3) is 5.69 Å². The van der Waals surface area contributed by atoms with Crippen LogP contribution < -0.4 is 5.32 Å². The van der Waals surface area contributed by atoms with Crippen molar-refractivity contribution in [3.05, 3.63) is 84.4 Å². The Hall–Kier alpha value is -2.43. The Balaban J connectivity index is 1.37. The van der Waals surface area contributed by atoms with Gasteiger partial charge in [0.25, 0.3) is 0 Å². The third-order valence-corrected chi connectivity index (χ3v) is 5.17. The van der Waals surface area contributed by atoms with Crippen molar-refractivity contribution < 1.29 is 0 Å². The molecule has 0 saturated carbocycles. The minimum atomic E-state index is 0.462. The minimum Gasteiger partial charge on any atom is -0.311 e. The Morgan fingerprint density at radius 2 is 1.73 bits per heavy atom. The molecular weight excluding hydrogens is 320 g/mol. The summed E-state index contributed by atoms with van der Waals surface area (Å²) in [5.41, 5.74) is 3.87. The molecule has 4 rings (SSSR count). The molecule has 1 fully saturated rings. The lowest BCUT2D eigenvalue weighted by atomic mass is 10.1. The van der Waals surface area contributed by atoms with E-state index in [2.05, 4.69) is 69.8 Å². The van der Waals surface area contributed by atoms with Gasteiger partial charge >= 0.3 is 0 Å². The van der Waals surface area contributed by atoms with Crippen LogP contribution in [-0.4, -0.2) is 34.1 Å². The van der Waals surface area contributed by atoms with Crippen LogP contribution in [0.5, 0.6) is 0 Å². The summed E-state index contributed by atoms with van der Waals surface area (Å²) in [5, 5.41) is 3.67. The fourth-order valence-electron chi connectivity index (χ4n) is 3.74. The second-order valence-electron chi connectivity index (χ2n) is 6.94. The van der Waals surface area contributed by atoms with Gasteiger partial charge < -0.3 is 9.88 Å². The van der Waals surface area contributed by atoms with E-state index in [4.69, 9.17) is 0 Å². The molecule has 4 heteroatoms. The lowest BCUT2D eigenvalue weighted by molar-refractivity contribution is 0.238. The summed E-state index contributed by atoms with van der Waals surface area (Å²) in [6.45, 7) is 4.29. The van der Waals surface area contributed by atoms with Gasteiger partial charge in [-0.15, -0.1) is 0 Å². The molecular formula is C22H26N4. The van der Waals surface area contributed by atoms with Crippen LogP contribution in [0.4, 0.5) is 0 Å². The number of aromatic nitrogens is 2. The largest absolute Gasteiger partial charge is 0.311 e. The summed E-state index contributed by atoms with van der Waals surface area (Å²) in [6, 6.07) is 20.0. The van der Waals surface area contributed by atoms with Gasteiger partial charge in [0.05, 0.1) is 6.33 Å². The molecule has 2 heterocycles. The van der Waals surface area contributed by atoms with Crippen LogP contribution in [0, 0.1) is 0 Å². The highest BCUT2D eigenvalue weighted by molar-refractivity contribution is 5.34. The van der Waals surface area contributed by atoms with E-state index < -0.39 is 0 Å². The highest BCUT2D eigenvalue weighted by atomic mass is 15.2. The van der Waals surface area contributed by atoms with E-state index in [9.17, 15) is 0 Å². The highest BCUT2D eigenvalue weighted by Gasteiger charge is 2.22. The number of rotatable bonds is 7. The Kier molecular flexibility index (Phi) is 5.43. The second-order valence-corrected chi connectivity index (χ2v) is 6.94. The van der Waals surface area contributed by atoms with E-state index in [0.29, 0.717) is 6.04 Å². The molecule has 3 aromatic rings. The van der Waals surface area contributed by atoms with Crippen LogP contribution in [0.1, 0.15) is 30.0 Å². The molecule has 4 nitrogen and oxygen atoms in total. The van der Waals surface area contributed by atoms with Crippen LogP contribution in [0.15, 0.2) is 73.3 Å². The maximum Gasteiger partial charge on any atom is 0.0991 e. The second kappa shape index (κ2) is 8.30. The summed E-state index contributed by atoms with van der Waals surface area (Å²) in [7, 11) is 0. The first-order chi connectivity index (χ1) is 12.9. The summed E-state index contributed by atoms with van der Waals surface area (Å²) >= 11 is 0. The van der Waals surface area contributed by atoms with Crippen molar-refractivity contribution in [2.75, 3.05) is 19.6 Å². The molecule has 1 aromatic heterocycles. The maximum absolute atomic E-state index is 4.10. The first-order valence-electron chi connectivity index (χ1n) is 9.47. The zero-order chi connectivity index (χ0) is 17.6. The van der Waals surface area contributed by atoms with Crippen LogP contribution >= 0.6 is 0 Å². The maximum atomic E-state index is 4.10. The highest BCUT2D eigenvalue weighted by Crippen LogP contribution is 2.24. The average molecular weight is 346 g/mol. The van der Waals surface area contributed by atoms with Gasteiger partial charge in [-0.2, -0.15) is 0 Å². The van der Waals surface area contributed by atoms with Gasteiger partial charge in [-0.3, -0.25) is 4.90 Å². The van der Waals surface area contributed by atoms with E-state index in [-0.39, 0.29) is 0 Å². The molecule has 1 N–H and O–H groups in total. The third-order valence-electron chi connectivity index (χ3n) is 5.17. The number of benzene rings is 2. The normalized spacial score (nSPS) is 16.0. The van der Waals surface area contributed by atoms with Gasteiger partial charge in [0.2, 0.25) is 0 Å². The standard InChI is InChI=1S/C22H26N4/c1-2-6-20(7-3-1)22(25-13-4-5-14-25)17-24-16-19-8-10-21(11-9-19)26-15-12-23-18-26/h1-3,6-12,15,18,22,24H,4-5,13-14,16-17H2. The minimum absolute atomic E-state index is 0.462. The summed E-state index contributed by atoms with van der Waals surface area (Å²) < 4.78 is 2.02. The molecule has 1 aliphatic heterocycles. The topological polar surface area (TPSA) is 33.1 Å². The van der Waals surface area contributed by atoms with Crippen molar-refractivity contribution in [1.82, 2.24) is 19.8 Å². The molecule has 0 spiro atoms. The Morgan fingerprint density at radius 3 is 2.42 bits per heavy atom. The fraction of sp³-hybridized carbons (Fsp3) is 0.318. The zero-order valence-corrected chi connectivity index (χ0v) is 15.1. The smallest absolute Gasteiger partial charge is 0.0991 e. The number of hydrogen-bond acceptors (Lipinski definition) is 3. The number of imidazole rings is 1. The van der Waals surface area contributed by atoms with Crippen molar-refractivity contribution in [2.45, 2.75) is 25.4 Å². The molecule has 0 aliphatic carbocycles. The van der Waals surface area contributed by atoms with E-state index in [1.165, 1.54) is 37.1 Å². The first-order valence-corrected chi connectivity index (χ1v) is 9.47. The van der Waals surface area contributed by atoms with Gasteiger partial charge in [0, 0.05) is 37.2 Å². The lowest BCUT2D eigenvalue weighted by Gasteiger charge is -2.28. The first kappa shape index (κ1) is 17.0. The number of nitrogens with one attached hydrogen (secondary N) is 1. The van der Waals surface area contributed by atoms with Crippen molar-refractivity contribution in [2.24, 2.45) is 0 Å². The molecule has 0 amide bonds. The zero-order valence-electron chi connectivity index (χ0n) is 15.1. The SMILES string of the molecule is c1ccc(C(CNCc2ccc(-n3ccnc3)cc2)N2CCCC2)cc1. The molecule has 0 radical (unpaired) electrons. The van der Waals surface area contributed by atoms with Crippen molar-refractivity contribution in [3.8, 4) is 5.69 Å². The molecule has 2 aromatic carbocycles. The van der Waals surface area contributed by atoms with Crippen LogP contribution in [0.2, 0.25) is 0 Å². The number of hydrogen-bond donors (Lipinski definition) is 1. The molecule has 1 unspecified atom stereocenters. The van der Waals surface area contributed by atoms with Gasteiger partial charge in [-0.05, 0) is 49.2 Å². The van der Waals surface area contributed by atoms with Gasteiger partial charge in [0.15, 0.2) is 0 Å². The molecule has 134 valence electrons. The Labute approximate surface area is 155 Å². The molecule has 1 aliphatic rings. The number of nitrogens with zero attached hydrogens (tertiary/aromatic N) is 3. The predicted octanol–water partition coefficient (Wildman–Crippen LogP) is 3.80. The van der Waals surface area contributed by atoms with E-state index in [1.807, 2.05) is 17.1 Å². The summed E-state index contributed by atoms with van der Waals surface area (Å²) in [6.07, 6.45) is 8.23. The van der Waals surface area contributed by atoms with Gasteiger partial charge in [-0.1, -0.05) is 42.5 Å². The summed E-state index contributed by atoms with van der Waals surface area (Å²) in [5.74, 6) is 0. The van der Waals surface area contributed by atoms with E-state index >= 15 is 0 Å². The average Bonchev–Trinajstić information content (AvgIpc) is 3.40. The van der Waals surface area contributed by atoms with Gasteiger partial charge in [0.1, 0.15) is 0 Å². The Bertz CT molecular complexity index is 775. The van der Waals surface area contributed by atoms with Crippen LogP contribution in [-0.2, 0) is 6.54 Å². The van der Waals surface area contributed by atoms with E-state index in [1.54, 1.807) is 6.20 Å². The van der Waals surface area contributed by atoms with Crippen LogP contribution in [0.3, 0.4) is 0 Å². The third kappa shape index (κ3) is 4.03. The van der Waals surface area contributed by atoms with Crippen molar-refractivity contribution in [1.29, 1.82) is 0 Å². The van der Waals surface area contributed by atoms with Gasteiger partial charge in [-0.25, -0.2) is 4.98 Å². The lowest BCUT2D eigenvalue weighted by Crippen LogP contribution is -2.34. The quantitative estimate of drug-likeness (QED) is 0.706. The molecule has 26 heavy (non-hydrogen) atoms. The molecule has 0 bridgehead atoms. The molecule has 1 atom stereocenters. The molecule has 1 saturated heterocycles. The Morgan fingerprint density at radius 1 is 0.962 bits per heavy atom.